The van der Waals surface area contributed by atoms with Crippen molar-refractivity contribution in [3.8, 4) is 17.2 Å². The maximum atomic E-state index is 12.6. The lowest BCUT2D eigenvalue weighted by molar-refractivity contribution is -0.119. The molecule has 0 bridgehead atoms. The number of esters is 1. The molecule has 0 saturated carbocycles. The fourth-order valence-corrected chi connectivity index (χ4v) is 5.11. The van der Waals surface area contributed by atoms with Gasteiger partial charge in [0.1, 0.15) is 13.2 Å². The van der Waals surface area contributed by atoms with E-state index in [4.69, 9.17) is 18.9 Å². The van der Waals surface area contributed by atoms with Crippen molar-refractivity contribution < 1.29 is 37.0 Å². The molecular formula is C22H24N2O8S. The molecule has 2 aromatic rings. The maximum Gasteiger partial charge on any atom is 0.338 e. The maximum absolute atomic E-state index is 12.6. The van der Waals surface area contributed by atoms with Crippen LogP contribution in [0.3, 0.4) is 0 Å². The van der Waals surface area contributed by atoms with Gasteiger partial charge < -0.3 is 24.3 Å². The highest BCUT2D eigenvalue weighted by Crippen LogP contribution is 2.40. The van der Waals surface area contributed by atoms with Crippen molar-refractivity contribution in [1.82, 2.24) is 4.31 Å². The number of hydrogen-bond acceptors (Lipinski definition) is 8. The minimum atomic E-state index is -3.53. The molecule has 176 valence electrons. The number of hydrogen-bond donors (Lipinski definition) is 1. The first-order chi connectivity index (χ1) is 15.9. The lowest BCUT2D eigenvalue weighted by Crippen LogP contribution is -2.27. The second-order valence-corrected chi connectivity index (χ2v) is 9.40. The summed E-state index contributed by atoms with van der Waals surface area (Å²) < 4.78 is 47.9. The second-order valence-electron chi connectivity index (χ2n) is 7.46. The van der Waals surface area contributed by atoms with Gasteiger partial charge in [0.05, 0.1) is 17.6 Å². The first-order valence-electron chi connectivity index (χ1n) is 10.4. The molecule has 1 fully saturated rings. The summed E-state index contributed by atoms with van der Waals surface area (Å²) in [5, 5.41) is 2.58. The van der Waals surface area contributed by atoms with Crippen LogP contribution in [0.15, 0.2) is 41.3 Å². The average molecular weight is 477 g/mol. The van der Waals surface area contributed by atoms with Crippen molar-refractivity contribution in [1.29, 1.82) is 0 Å². The van der Waals surface area contributed by atoms with Crippen molar-refractivity contribution in [3.05, 3.63) is 42.0 Å². The number of amides is 1. The van der Waals surface area contributed by atoms with E-state index in [-0.39, 0.29) is 10.5 Å². The summed E-state index contributed by atoms with van der Waals surface area (Å²) >= 11 is 0. The van der Waals surface area contributed by atoms with Crippen LogP contribution in [0.2, 0.25) is 0 Å². The molecule has 1 N–H and O–H groups in total. The Morgan fingerprint density at radius 3 is 2.45 bits per heavy atom. The highest BCUT2D eigenvalue weighted by molar-refractivity contribution is 7.89. The summed E-state index contributed by atoms with van der Waals surface area (Å²) in [6.07, 6.45) is 1.70. The number of nitrogens with zero attached hydrogens (tertiary/aromatic N) is 1. The molecule has 1 amide bonds. The molecule has 2 aliphatic rings. The Bertz CT molecular complexity index is 1120. The monoisotopic (exact) mass is 476 g/mol. The Balaban J connectivity index is 1.34. The Morgan fingerprint density at radius 1 is 1.06 bits per heavy atom. The van der Waals surface area contributed by atoms with Crippen LogP contribution in [0, 0.1) is 0 Å². The van der Waals surface area contributed by atoms with Gasteiger partial charge in [-0.15, -0.1) is 0 Å². The third-order valence-corrected chi connectivity index (χ3v) is 7.15. The minimum Gasteiger partial charge on any atom is -0.493 e. The third kappa shape index (κ3) is 5.04. The lowest BCUT2D eigenvalue weighted by atomic mass is 10.1. The number of sulfonamides is 1. The molecule has 0 aromatic heterocycles. The van der Waals surface area contributed by atoms with Crippen LogP contribution in [0.4, 0.5) is 5.69 Å². The SMILES string of the molecule is COc1cc(C(=O)OCC(=O)Nc2ccc(S(=O)(=O)N3CCCC3)cc2)cc2c1OCCO2. The van der Waals surface area contributed by atoms with E-state index in [1.165, 1.54) is 47.8 Å². The minimum absolute atomic E-state index is 0.153. The van der Waals surface area contributed by atoms with Gasteiger partial charge in [-0.05, 0) is 49.2 Å². The summed E-state index contributed by atoms with van der Waals surface area (Å²) in [5.41, 5.74) is 0.540. The average Bonchev–Trinajstić information content (AvgIpc) is 3.38. The second kappa shape index (κ2) is 9.67. The molecule has 2 heterocycles. The number of benzene rings is 2. The molecule has 0 radical (unpaired) electrons. The van der Waals surface area contributed by atoms with E-state index in [0.29, 0.717) is 49.2 Å². The molecule has 0 spiro atoms. The standard InChI is InChI=1S/C22H24N2O8S/c1-29-18-12-15(13-19-21(18)31-11-10-30-19)22(26)32-14-20(25)23-16-4-6-17(7-5-16)33(27,28)24-8-2-3-9-24/h4-7,12-13H,2-3,8-11,14H2,1H3,(H,23,25). The summed E-state index contributed by atoms with van der Waals surface area (Å²) in [6, 6.07) is 8.79. The first kappa shape index (κ1) is 22.9. The van der Waals surface area contributed by atoms with E-state index in [1.807, 2.05) is 0 Å². The number of methoxy groups -OCH3 is 1. The van der Waals surface area contributed by atoms with Gasteiger partial charge in [0.15, 0.2) is 18.1 Å². The normalized spacial score (nSPS) is 15.7. The van der Waals surface area contributed by atoms with Gasteiger partial charge >= 0.3 is 5.97 Å². The highest BCUT2D eigenvalue weighted by atomic mass is 32.2. The number of rotatable bonds is 7. The van der Waals surface area contributed by atoms with Crippen molar-refractivity contribution in [2.24, 2.45) is 0 Å². The molecule has 0 atom stereocenters. The van der Waals surface area contributed by atoms with Gasteiger partial charge in [-0.1, -0.05) is 0 Å². The Morgan fingerprint density at radius 2 is 1.76 bits per heavy atom. The number of carbonyl (C=O) groups excluding carboxylic acids is 2. The predicted molar refractivity (Wildman–Crippen MR) is 117 cm³/mol. The Hall–Kier alpha value is -3.31. The van der Waals surface area contributed by atoms with Crippen LogP contribution in [0.1, 0.15) is 23.2 Å². The van der Waals surface area contributed by atoms with Crippen molar-refractivity contribution in [3.63, 3.8) is 0 Å². The van der Waals surface area contributed by atoms with E-state index in [9.17, 15) is 18.0 Å². The highest BCUT2D eigenvalue weighted by Gasteiger charge is 2.27. The van der Waals surface area contributed by atoms with Gasteiger partial charge in [-0.3, -0.25) is 4.79 Å². The molecular weight excluding hydrogens is 452 g/mol. The summed E-state index contributed by atoms with van der Waals surface area (Å²) in [6.45, 7) is 1.22. The van der Waals surface area contributed by atoms with Crippen molar-refractivity contribution >= 4 is 27.6 Å². The largest absolute Gasteiger partial charge is 0.493 e. The zero-order chi connectivity index (χ0) is 23.4. The van der Waals surface area contributed by atoms with E-state index in [2.05, 4.69) is 5.32 Å². The Kier molecular flexibility index (Phi) is 6.70. The zero-order valence-electron chi connectivity index (χ0n) is 18.0. The van der Waals surface area contributed by atoms with Gasteiger partial charge in [0, 0.05) is 18.8 Å². The fraction of sp³-hybridized carbons (Fsp3) is 0.364. The van der Waals surface area contributed by atoms with Crippen molar-refractivity contribution in [2.75, 3.05) is 45.3 Å². The molecule has 4 rings (SSSR count). The lowest BCUT2D eigenvalue weighted by Gasteiger charge is -2.21. The van der Waals surface area contributed by atoms with E-state index in [1.54, 1.807) is 0 Å². The van der Waals surface area contributed by atoms with E-state index < -0.39 is 28.5 Å². The number of ether oxygens (including phenoxy) is 4. The van der Waals surface area contributed by atoms with Crippen molar-refractivity contribution in [2.45, 2.75) is 17.7 Å². The summed E-state index contributed by atoms with van der Waals surface area (Å²) in [4.78, 5) is 24.8. The number of anilines is 1. The first-order valence-corrected chi connectivity index (χ1v) is 11.9. The van der Waals surface area contributed by atoms with E-state index in [0.717, 1.165) is 12.8 Å². The topological polar surface area (TPSA) is 120 Å². The van der Waals surface area contributed by atoms with Crippen LogP contribution in [0.25, 0.3) is 0 Å². The van der Waals surface area contributed by atoms with Gasteiger partial charge in [-0.2, -0.15) is 4.31 Å². The molecule has 10 nitrogen and oxygen atoms in total. The molecule has 0 aliphatic carbocycles. The van der Waals surface area contributed by atoms with Crippen LogP contribution in [-0.4, -0.2) is 64.6 Å². The quantitative estimate of drug-likeness (QED) is 0.603. The molecule has 11 heteroatoms. The molecule has 1 saturated heterocycles. The van der Waals surface area contributed by atoms with Crippen LogP contribution < -0.4 is 19.5 Å². The number of fused-ring (bicyclic) bond motifs is 1. The van der Waals surface area contributed by atoms with Gasteiger partial charge in [0.25, 0.3) is 5.91 Å². The smallest absolute Gasteiger partial charge is 0.338 e. The number of nitrogens with one attached hydrogen (secondary N) is 1. The van der Waals surface area contributed by atoms with E-state index >= 15 is 0 Å². The molecule has 33 heavy (non-hydrogen) atoms. The van der Waals surface area contributed by atoms with Gasteiger partial charge in [-0.25, -0.2) is 13.2 Å². The predicted octanol–water partition coefficient (Wildman–Crippen LogP) is 2.05. The van der Waals surface area contributed by atoms with Crippen LogP contribution >= 0.6 is 0 Å². The van der Waals surface area contributed by atoms with Crippen LogP contribution in [-0.2, 0) is 19.6 Å². The zero-order valence-corrected chi connectivity index (χ0v) is 18.9. The van der Waals surface area contributed by atoms with Gasteiger partial charge in [0.2, 0.25) is 15.8 Å². The molecule has 2 aliphatic heterocycles. The summed E-state index contributed by atoms with van der Waals surface area (Å²) in [5.74, 6) is -0.197. The third-order valence-electron chi connectivity index (χ3n) is 5.24. The summed E-state index contributed by atoms with van der Waals surface area (Å²) in [7, 11) is -2.08. The number of carbonyl (C=O) groups is 2. The molecule has 2 aromatic carbocycles. The molecule has 0 unspecified atom stereocenters. The fourth-order valence-electron chi connectivity index (χ4n) is 3.59. The Labute approximate surface area is 191 Å². The van der Waals surface area contributed by atoms with Crippen LogP contribution in [0.5, 0.6) is 17.2 Å².